The van der Waals surface area contributed by atoms with Crippen LogP contribution in [0.4, 0.5) is 0 Å². The molecule has 3 heterocycles. The van der Waals surface area contributed by atoms with Crippen LogP contribution in [0.15, 0.2) is 24.3 Å². The molecule has 0 unspecified atom stereocenters. The number of fused-ring (bicyclic) bond motifs is 1. The maximum atomic E-state index is 12.7. The molecule has 0 saturated carbocycles. The molecule has 2 atom stereocenters. The number of nitrogens with one attached hydrogen (secondary N) is 1. The van der Waals surface area contributed by atoms with E-state index in [0.29, 0.717) is 32.7 Å². The summed E-state index contributed by atoms with van der Waals surface area (Å²) in [5.74, 6) is 0.779. The van der Waals surface area contributed by atoms with Gasteiger partial charge in [-0.15, -0.1) is 0 Å². The fourth-order valence-corrected chi connectivity index (χ4v) is 3.96. The van der Waals surface area contributed by atoms with Crippen molar-refractivity contribution in [3.8, 4) is 5.75 Å². The molecule has 0 bridgehead atoms. The van der Waals surface area contributed by atoms with Crippen molar-refractivity contribution in [3.05, 3.63) is 29.8 Å². The monoisotopic (exact) mass is 345 g/mol. The summed E-state index contributed by atoms with van der Waals surface area (Å²) in [5.41, 5.74) is 0.721. The highest BCUT2D eigenvalue weighted by molar-refractivity contribution is 5.84. The van der Waals surface area contributed by atoms with Crippen molar-refractivity contribution in [2.45, 2.75) is 24.2 Å². The second-order valence-electron chi connectivity index (χ2n) is 7.15. The molecule has 1 aromatic carbocycles. The molecular weight excluding hydrogens is 322 g/mol. The minimum Gasteiger partial charge on any atom is -0.480 e. The number of ether oxygens (including phenoxy) is 2. The lowest BCUT2D eigenvalue weighted by Crippen LogP contribution is -2.74. The van der Waals surface area contributed by atoms with Crippen LogP contribution in [-0.2, 0) is 20.7 Å². The maximum absolute atomic E-state index is 12.7. The third kappa shape index (κ3) is 2.77. The average molecular weight is 345 g/mol. The first-order chi connectivity index (χ1) is 12.0. The quantitative estimate of drug-likeness (QED) is 0.793. The second-order valence-corrected chi connectivity index (χ2v) is 7.15. The van der Waals surface area contributed by atoms with Gasteiger partial charge in [-0.1, -0.05) is 18.2 Å². The molecule has 1 aromatic rings. The summed E-state index contributed by atoms with van der Waals surface area (Å²) in [5, 5.41) is 2.66. The van der Waals surface area contributed by atoms with Gasteiger partial charge in [0.2, 0.25) is 5.91 Å². The lowest BCUT2D eigenvalue weighted by Gasteiger charge is -2.55. The lowest BCUT2D eigenvalue weighted by molar-refractivity contribution is -0.203. The summed E-state index contributed by atoms with van der Waals surface area (Å²) >= 11 is 0. The first-order valence-corrected chi connectivity index (χ1v) is 8.60. The highest BCUT2D eigenvalue weighted by Crippen LogP contribution is 2.34. The molecule has 4 rings (SSSR count). The molecule has 3 aliphatic rings. The Morgan fingerprint density at radius 2 is 2.00 bits per heavy atom. The lowest BCUT2D eigenvalue weighted by atomic mass is 9.90. The highest BCUT2D eigenvalue weighted by atomic mass is 16.5. The van der Waals surface area contributed by atoms with Crippen LogP contribution >= 0.6 is 0 Å². The molecule has 2 amide bonds. The Bertz CT molecular complexity index is 676. The van der Waals surface area contributed by atoms with Crippen molar-refractivity contribution in [2.75, 3.05) is 40.3 Å². The van der Waals surface area contributed by atoms with E-state index < -0.39 is 6.10 Å². The number of likely N-dealkylation sites (tertiary alicyclic amines) is 1. The predicted octanol–water partition coefficient (Wildman–Crippen LogP) is -0.352. The van der Waals surface area contributed by atoms with E-state index in [9.17, 15) is 9.59 Å². The number of morpholine rings is 1. The fourth-order valence-electron chi connectivity index (χ4n) is 3.96. The molecule has 2 saturated heterocycles. The van der Waals surface area contributed by atoms with Gasteiger partial charge in [-0.25, -0.2) is 0 Å². The van der Waals surface area contributed by atoms with Gasteiger partial charge < -0.3 is 19.7 Å². The van der Waals surface area contributed by atoms with Gasteiger partial charge in [-0.3, -0.25) is 14.5 Å². The van der Waals surface area contributed by atoms with Crippen molar-refractivity contribution in [1.29, 1.82) is 0 Å². The third-order valence-corrected chi connectivity index (χ3v) is 5.36. The average Bonchev–Trinajstić information content (AvgIpc) is 3.02. The first-order valence-electron chi connectivity index (χ1n) is 8.60. The Kier molecular flexibility index (Phi) is 3.92. The number of para-hydroxylation sites is 1. The Morgan fingerprint density at radius 1 is 1.24 bits per heavy atom. The van der Waals surface area contributed by atoms with Gasteiger partial charge in [-0.05, 0) is 18.7 Å². The molecule has 0 aliphatic carbocycles. The third-order valence-electron chi connectivity index (χ3n) is 5.36. The number of likely N-dealkylation sites (N-methyl/N-ethyl adjacent to an activating group) is 2. The molecule has 134 valence electrons. The Morgan fingerprint density at radius 3 is 2.68 bits per heavy atom. The standard InChI is InChI=1S/C18H23N3O4/c1-19-16(22)13-8-24-18(9-20(13)2)10-21(11-18)17(23)15-7-12-5-3-4-6-14(12)25-15/h3-6,13,15H,7-11H2,1-2H3,(H,19,22)/t13-,15-/m0/s1. The predicted molar refractivity (Wildman–Crippen MR) is 90.3 cm³/mol. The number of amides is 2. The van der Waals surface area contributed by atoms with Gasteiger partial charge in [0, 0.05) is 20.0 Å². The van der Waals surface area contributed by atoms with Gasteiger partial charge in [0.15, 0.2) is 6.10 Å². The van der Waals surface area contributed by atoms with Gasteiger partial charge in [-0.2, -0.15) is 0 Å². The van der Waals surface area contributed by atoms with E-state index in [0.717, 1.165) is 11.3 Å². The van der Waals surface area contributed by atoms with E-state index in [1.807, 2.05) is 36.2 Å². The Hall–Kier alpha value is -2.12. The molecule has 7 nitrogen and oxygen atoms in total. The minimum absolute atomic E-state index is 0.0153. The smallest absolute Gasteiger partial charge is 0.264 e. The van der Waals surface area contributed by atoms with Crippen LogP contribution in [0.5, 0.6) is 5.75 Å². The summed E-state index contributed by atoms with van der Waals surface area (Å²) in [6, 6.07) is 7.51. The van der Waals surface area contributed by atoms with Gasteiger partial charge in [0.05, 0.1) is 19.7 Å². The first kappa shape index (κ1) is 16.4. The molecule has 7 heteroatoms. The van der Waals surface area contributed by atoms with Crippen molar-refractivity contribution in [3.63, 3.8) is 0 Å². The summed E-state index contributed by atoms with van der Waals surface area (Å²) in [6.45, 7) is 2.09. The number of hydrogen-bond acceptors (Lipinski definition) is 5. The summed E-state index contributed by atoms with van der Waals surface area (Å²) in [7, 11) is 3.55. The SMILES string of the molecule is CNC(=O)[C@@H]1COC2(CN(C(=O)[C@@H]3Cc4ccccc4O3)C2)CN1C. The van der Waals surface area contributed by atoms with Crippen LogP contribution in [-0.4, -0.2) is 79.7 Å². The van der Waals surface area contributed by atoms with Crippen molar-refractivity contribution >= 4 is 11.8 Å². The number of carbonyl (C=O) groups is 2. The van der Waals surface area contributed by atoms with Crippen LogP contribution in [0.3, 0.4) is 0 Å². The minimum atomic E-state index is -0.435. The van der Waals surface area contributed by atoms with E-state index >= 15 is 0 Å². The molecule has 1 N–H and O–H groups in total. The van der Waals surface area contributed by atoms with E-state index in [2.05, 4.69) is 5.32 Å². The van der Waals surface area contributed by atoms with Crippen LogP contribution in [0.2, 0.25) is 0 Å². The second kappa shape index (κ2) is 6.00. The van der Waals surface area contributed by atoms with Crippen molar-refractivity contribution in [1.82, 2.24) is 15.1 Å². The van der Waals surface area contributed by atoms with Crippen LogP contribution in [0.1, 0.15) is 5.56 Å². The molecule has 0 radical (unpaired) electrons. The normalized spacial score (nSPS) is 27.4. The zero-order chi connectivity index (χ0) is 17.6. The van der Waals surface area contributed by atoms with E-state index in [-0.39, 0.29) is 23.5 Å². The number of carbonyl (C=O) groups excluding carboxylic acids is 2. The molecule has 0 aromatic heterocycles. The summed E-state index contributed by atoms with van der Waals surface area (Å²) < 4.78 is 11.8. The Labute approximate surface area is 146 Å². The molecular formula is C18H23N3O4. The van der Waals surface area contributed by atoms with E-state index in [1.54, 1.807) is 11.9 Å². The molecule has 3 aliphatic heterocycles. The molecule has 25 heavy (non-hydrogen) atoms. The molecule has 1 spiro atoms. The summed E-state index contributed by atoms with van der Waals surface area (Å²) in [4.78, 5) is 28.3. The zero-order valence-corrected chi connectivity index (χ0v) is 14.5. The van der Waals surface area contributed by atoms with Crippen molar-refractivity contribution in [2.24, 2.45) is 0 Å². The van der Waals surface area contributed by atoms with Gasteiger partial charge in [0.25, 0.3) is 5.91 Å². The topological polar surface area (TPSA) is 71.1 Å². The Balaban J connectivity index is 1.34. The fraction of sp³-hybridized carbons (Fsp3) is 0.556. The zero-order valence-electron chi connectivity index (χ0n) is 14.5. The largest absolute Gasteiger partial charge is 0.480 e. The number of hydrogen-bond donors (Lipinski definition) is 1. The van der Waals surface area contributed by atoms with Crippen molar-refractivity contribution < 1.29 is 19.1 Å². The number of nitrogens with zero attached hydrogens (tertiary/aromatic N) is 2. The maximum Gasteiger partial charge on any atom is 0.264 e. The van der Waals surface area contributed by atoms with Crippen LogP contribution < -0.4 is 10.1 Å². The van der Waals surface area contributed by atoms with E-state index in [1.165, 1.54) is 0 Å². The van der Waals surface area contributed by atoms with Crippen LogP contribution in [0, 0.1) is 0 Å². The van der Waals surface area contributed by atoms with Gasteiger partial charge in [0.1, 0.15) is 17.4 Å². The molecule has 2 fully saturated rings. The van der Waals surface area contributed by atoms with E-state index in [4.69, 9.17) is 9.47 Å². The number of rotatable bonds is 2. The van der Waals surface area contributed by atoms with Crippen LogP contribution in [0.25, 0.3) is 0 Å². The highest BCUT2D eigenvalue weighted by Gasteiger charge is 2.52. The summed E-state index contributed by atoms with van der Waals surface area (Å²) in [6.07, 6.45) is 0.188. The number of benzene rings is 1. The van der Waals surface area contributed by atoms with Gasteiger partial charge >= 0.3 is 0 Å².